The molecule has 92 valence electrons. The molecule has 1 heterocycles. The van der Waals surface area contributed by atoms with Crippen molar-refractivity contribution in [2.24, 2.45) is 0 Å². The number of rotatable bonds is 2. The summed E-state index contributed by atoms with van der Waals surface area (Å²) in [6.07, 6.45) is 5.35. The molecule has 0 aliphatic carbocycles. The van der Waals surface area contributed by atoms with Crippen LogP contribution in [-0.4, -0.2) is 0 Å². The van der Waals surface area contributed by atoms with Crippen molar-refractivity contribution in [3.63, 3.8) is 0 Å². The molecule has 0 saturated carbocycles. The van der Waals surface area contributed by atoms with E-state index in [0.717, 1.165) is 11.1 Å². The van der Waals surface area contributed by atoms with E-state index >= 15 is 0 Å². The van der Waals surface area contributed by atoms with Gasteiger partial charge < -0.3 is 4.42 Å². The molecule has 2 aromatic carbocycles. The summed E-state index contributed by atoms with van der Waals surface area (Å²) < 4.78 is 5.35. The normalized spacial score (nSPS) is 11.2. The molecule has 0 spiro atoms. The van der Waals surface area contributed by atoms with E-state index in [1.807, 2.05) is 54.6 Å². The van der Waals surface area contributed by atoms with Crippen LogP contribution in [0.15, 0.2) is 70.1 Å². The molecule has 0 aliphatic rings. The Labute approximate surface area is 110 Å². The van der Waals surface area contributed by atoms with Crippen LogP contribution in [0.5, 0.6) is 0 Å². The minimum atomic E-state index is -0.0189. The van der Waals surface area contributed by atoms with E-state index < -0.39 is 0 Å². The third-order valence-corrected chi connectivity index (χ3v) is 2.97. The second-order valence-electron chi connectivity index (χ2n) is 4.25. The Balaban J connectivity index is 2.11. The van der Waals surface area contributed by atoms with E-state index in [4.69, 9.17) is 4.42 Å². The standard InChI is InChI=1S/C17H12O2/c18-15-11-12-19-16-8-4-7-14(17(15)16)10-9-13-5-2-1-3-6-13/h1-12H/b10-9+. The van der Waals surface area contributed by atoms with Crippen molar-refractivity contribution in [1.82, 2.24) is 0 Å². The highest BCUT2D eigenvalue weighted by molar-refractivity contribution is 5.89. The van der Waals surface area contributed by atoms with Crippen molar-refractivity contribution in [1.29, 1.82) is 0 Å². The predicted molar refractivity (Wildman–Crippen MR) is 77.9 cm³/mol. The number of hydrogen-bond donors (Lipinski definition) is 0. The average Bonchev–Trinajstić information content (AvgIpc) is 2.46. The highest BCUT2D eigenvalue weighted by Crippen LogP contribution is 2.17. The summed E-state index contributed by atoms with van der Waals surface area (Å²) in [6.45, 7) is 0. The van der Waals surface area contributed by atoms with Gasteiger partial charge in [-0.25, -0.2) is 0 Å². The monoisotopic (exact) mass is 248 g/mol. The molecule has 1 aromatic heterocycles. The van der Waals surface area contributed by atoms with Crippen LogP contribution in [0, 0.1) is 0 Å². The van der Waals surface area contributed by atoms with Gasteiger partial charge in [-0.1, -0.05) is 54.6 Å². The van der Waals surface area contributed by atoms with Crippen LogP contribution in [-0.2, 0) is 0 Å². The highest BCUT2D eigenvalue weighted by Gasteiger charge is 2.03. The smallest absolute Gasteiger partial charge is 0.193 e. The van der Waals surface area contributed by atoms with Crippen molar-refractivity contribution in [2.45, 2.75) is 0 Å². The van der Waals surface area contributed by atoms with E-state index in [9.17, 15) is 4.79 Å². The molecule has 2 nitrogen and oxygen atoms in total. The van der Waals surface area contributed by atoms with Crippen LogP contribution in [0.2, 0.25) is 0 Å². The van der Waals surface area contributed by atoms with Crippen LogP contribution in [0.3, 0.4) is 0 Å². The molecule has 0 radical (unpaired) electrons. The molecule has 3 aromatic rings. The number of hydrogen-bond acceptors (Lipinski definition) is 2. The molecule has 0 saturated heterocycles. The van der Waals surface area contributed by atoms with Crippen LogP contribution in [0.25, 0.3) is 23.1 Å². The van der Waals surface area contributed by atoms with Crippen molar-refractivity contribution in [2.75, 3.05) is 0 Å². The first kappa shape index (κ1) is 11.5. The Hall–Kier alpha value is -2.61. The van der Waals surface area contributed by atoms with Gasteiger partial charge in [-0.15, -0.1) is 0 Å². The number of fused-ring (bicyclic) bond motifs is 1. The third-order valence-electron chi connectivity index (χ3n) is 2.97. The Kier molecular flexibility index (Phi) is 2.99. The fraction of sp³-hybridized carbons (Fsp3) is 0. The molecular formula is C17H12O2. The van der Waals surface area contributed by atoms with E-state index in [2.05, 4.69) is 0 Å². The molecule has 0 unspecified atom stereocenters. The van der Waals surface area contributed by atoms with Crippen LogP contribution in [0.4, 0.5) is 0 Å². The molecule has 3 rings (SSSR count). The molecule has 0 bridgehead atoms. The lowest BCUT2D eigenvalue weighted by molar-refractivity contribution is 0.602. The van der Waals surface area contributed by atoms with Gasteiger partial charge in [0.15, 0.2) is 5.43 Å². The van der Waals surface area contributed by atoms with Gasteiger partial charge in [0.25, 0.3) is 0 Å². The second-order valence-corrected chi connectivity index (χ2v) is 4.25. The summed E-state index contributed by atoms with van der Waals surface area (Å²) >= 11 is 0. The maximum absolute atomic E-state index is 11.9. The van der Waals surface area contributed by atoms with Gasteiger partial charge in [0.05, 0.1) is 11.6 Å². The summed E-state index contributed by atoms with van der Waals surface area (Å²) in [4.78, 5) is 11.9. The number of benzene rings is 2. The third kappa shape index (κ3) is 2.33. The largest absolute Gasteiger partial charge is 0.464 e. The van der Waals surface area contributed by atoms with Gasteiger partial charge in [-0.2, -0.15) is 0 Å². The lowest BCUT2D eigenvalue weighted by atomic mass is 10.1. The summed E-state index contributed by atoms with van der Waals surface area (Å²) in [5, 5.41) is 0.622. The summed E-state index contributed by atoms with van der Waals surface area (Å²) in [5.74, 6) is 0. The Morgan fingerprint density at radius 1 is 0.842 bits per heavy atom. The van der Waals surface area contributed by atoms with Crippen LogP contribution in [0.1, 0.15) is 11.1 Å². The molecule has 0 aliphatic heterocycles. The van der Waals surface area contributed by atoms with Crippen molar-refractivity contribution in [3.05, 3.63) is 82.2 Å². The summed E-state index contributed by atoms with van der Waals surface area (Å²) in [5.41, 5.74) is 2.56. The first-order valence-electron chi connectivity index (χ1n) is 6.08. The summed E-state index contributed by atoms with van der Waals surface area (Å²) in [6, 6.07) is 17.0. The Morgan fingerprint density at radius 2 is 1.68 bits per heavy atom. The van der Waals surface area contributed by atoms with E-state index in [-0.39, 0.29) is 5.43 Å². The second kappa shape index (κ2) is 4.94. The maximum atomic E-state index is 11.9. The Morgan fingerprint density at radius 3 is 2.53 bits per heavy atom. The SMILES string of the molecule is O=c1ccoc2cccc(/C=C/c3ccccc3)c12. The molecule has 0 fully saturated rings. The predicted octanol–water partition coefficient (Wildman–Crippen LogP) is 3.96. The van der Waals surface area contributed by atoms with Gasteiger partial charge >= 0.3 is 0 Å². The molecule has 0 N–H and O–H groups in total. The maximum Gasteiger partial charge on any atom is 0.193 e. The van der Waals surface area contributed by atoms with Gasteiger partial charge in [-0.05, 0) is 17.2 Å². The fourth-order valence-corrected chi connectivity index (χ4v) is 2.05. The lowest BCUT2D eigenvalue weighted by Gasteiger charge is -2.00. The zero-order valence-electron chi connectivity index (χ0n) is 10.2. The van der Waals surface area contributed by atoms with Gasteiger partial charge in [0, 0.05) is 6.07 Å². The zero-order chi connectivity index (χ0) is 13.1. The molecule has 0 atom stereocenters. The quantitative estimate of drug-likeness (QED) is 0.642. The highest BCUT2D eigenvalue weighted by atomic mass is 16.3. The van der Waals surface area contributed by atoms with Gasteiger partial charge in [-0.3, -0.25) is 4.79 Å². The van der Waals surface area contributed by atoms with E-state index in [0.29, 0.717) is 11.0 Å². The van der Waals surface area contributed by atoms with E-state index in [1.165, 1.54) is 12.3 Å². The van der Waals surface area contributed by atoms with Gasteiger partial charge in [0.1, 0.15) is 5.58 Å². The molecule has 2 heteroatoms. The van der Waals surface area contributed by atoms with E-state index in [1.54, 1.807) is 6.07 Å². The minimum absolute atomic E-state index is 0.0189. The first-order valence-corrected chi connectivity index (χ1v) is 6.08. The fourth-order valence-electron chi connectivity index (χ4n) is 2.05. The first-order chi connectivity index (χ1) is 9.34. The molecule has 0 amide bonds. The van der Waals surface area contributed by atoms with Crippen molar-refractivity contribution >= 4 is 23.1 Å². The van der Waals surface area contributed by atoms with Crippen LogP contribution >= 0.6 is 0 Å². The molecule has 19 heavy (non-hydrogen) atoms. The molecular weight excluding hydrogens is 236 g/mol. The lowest BCUT2D eigenvalue weighted by Crippen LogP contribution is -1.99. The van der Waals surface area contributed by atoms with Gasteiger partial charge in [0.2, 0.25) is 0 Å². The van der Waals surface area contributed by atoms with Crippen molar-refractivity contribution < 1.29 is 4.42 Å². The van der Waals surface area contributed by atoms with Crippen molar-refractivity contribution in [3.8, 4) is 0 Å². The summed E-state index contributed by atoms with van der Waals surface area (Å²) in [7, 11) is 0. The minimum Gasteiger partial charge on any atom is -0.464 e. The Bertz CT molecular complexity index is 778. The average molecular weight is 248 g/mol. The topological polar surface area (TPSA) is 30.2 Å². The van der Waals surface area contributed by atoms with Crippen LogP contribution < -0.4 is 5.43 Å². The zero-order valence-corrected chi connectivity index (χ0v) is 10.2.